The maximum atomic E-state index is 10.5. The zero-order chi connectivity index (χ0) is 22.8. The van der Waals surface area contributed by atoms with Gasteiger partial charge in [0.1, 0.15) is 5.75 Å². The quantitative estimate of drug-likeness (QED) is 0.415. The third-order valence-electron chi connectivity index (χ3n) is 5.22. The first-order valence-electron chi connectivity index (χ1n) is 11.5. The molecule has 2 aromatic carbocycles. The van der Waals surface area contributed by atoms with E-state index in [0.717, 1.165) is 48.0 Å². The van der Waals surface area contributed by atoms with Crippen molar-refractivity contribution in [3.05, 3.63) is 71.9 Å². The van der Waals surface area contributed by atoms with Crippen LogP contribution in [0.15, 0.2) is 60.7 Å². The topological polar surface area (TPSA) is 59.8 Å². The van der Waals surface area contributed by atoms with E-state index in [9.17, 15) is 5.11 Å². The highest BCUT2D eigenvalue weighted by Crippen LogP contribution is 2.32. The van der Waals surface area contributed by atoms with Gasteiger partial charge in [-0.15, -0.1) is 0 Å². The van der Waals surface area contributed by atoms with Gasteiger partial charge in [0.05, 0.1) is 29.7 Å². The predicted molar refractivity (Wildman–Crippen MR) is 128 cm³/mol. The van der Waals surface area contributed by atoms with E-state index in [0.29, 0.717) is 26.3 Å². The molecule has 6 nitrogen and oxygen atoms in total. The smallest absolute Gasteiger partial charge is 0.227 e. The summed E-state index contributed by atoms with van der Waals surface area (Å²) in [5.41, 5.74) is 3.01. The molecule has 0 amide bonds. The molecule has 0 aliphatic carbocycles. The van der Waals surface area contributed by atoms with Crippen LogP contribution in [0.3, 0.4) is 0 Å². The number of hydrogen-bond acceptors (Lipinski definition) is 5. The van der Waals surface area contributed by atoms with Gasteiger partial charge in [-0.1, -0.05) is 50.2 Å². The number of ether oxygens (including phenoxy) is 2. The maximum absolute atomic E-state index is 10.5. The normalized spacial score (nSPS) is 12.3. The van der Waals surface area contributed by atoms with Crippen LogP contribution < -0.4 is 4.74 Å². The van der Waals surface area contributed by atoms with Crippen LogP contribution in [0.1, 0.15) is 38.4 Å². The molecule has 32 heavy (non-hydrogen) atoms. The first-order valence-corrected chi connectivity index (χ1v) is 11.5. The van der Waals surface area contributed by atoms with Crippen molar-refractivity contribution >= 4 is 0 Å². The highest BCUT2D eigenvalue weighted by Gasteiger charge is 2.23. The van der Waals surface area contributed by atoms with Crippen LogP contribution >= 0.6 is 0 Å². The summed E-state index contributed by atoms with van der Waals surface area (Å²) in [6, 6.07) is 19.9. The van der Waals surface area contributed by atoms with Gasteiger partial charge in [-0.3, -0.25) is 4.90 Å². The van der Waals surface area contributed by atoms with Gasteiger partial charge in [0, 0.05) is 19.7 Å². The number of nitrogens with zero attached hydrogens (tertiary/aromatic N) is 3. The third-order valence-corrected chi connectivity index (χ3v) is 5.22. The predicted octanol–water partition coefficient (Wildman–Crippen LogP) is 4.84. The molecule has 0 saturated carbocycles. The summed E-state index contributed by atoms with van der Waals surface area (Å²) in [4.78, 5) is 2.26. The van der Waals surface area contributed by atoms with Gasteiger partial charge in [0.2, 0.25) is 5.88 Å². The lowest BCUT2D eigenvalue weighted by Crippen LogP contribution is -2.35. The van der Waals surface area contributed by atoms with E-state index in [1.54, 1.807) is 0 Å². The Bertz CT molecular complexity index is 928. The second-order valence-corrected chi connectivity index (χ2v) is 7.79. The Kier molecular flexibility index (Phi) is 9.28. The van der Waals surface area contributed by atoms with E-state index in [2.05, 4.69) is 18.7 Å². The van der Waals surface area contributed by atoms with E-state index >= 15 is 0 Å². The molecule has 1 atom stereocenters. The number of aliphatic hydroxyl groups is 1. The minimum Gasteiger partial charge on any atom is -0.439 e. The van der Waals surface area contributed by atoms with Crippen LogP contribution in [0, 0.1) is 0 Å². The summed E-state index contributed by atoms with van der Waals surface area (Å²) in [7, 11) is 0. The van der Waals surface area contributed by atoms with E-state index < -0.39 is 6.10 Å². The lowest BCUT2D eigenvalue weighted by molar-refractivity contribution is 0.0194. The molecule has 1 N–H and O–H groups in total. The largest absolute Gasteiger partial charge is 0.439 e. The van der Waals surface area contributed by atoms with Gasteiger partial charge >= 0.3 is 0 Å². The fourth-order valence-corrected chi connectivity index (χ4v) is 3.75. The summed E-state index contributed by atoms with van der Waals surface area (Å²) in [6.45, 7) is 9.20. The average molecular weight is 438 g/mol. The first kappa shape index (κ1) is 24.0. The Labute approximate surface area is 191 Å². The van der Waals surface area contributed by atoms with Crippen LogP contribution in [0.5, 0.6) is 11.6 Å². The van der Waals surface area contributed by atoms with Crippen molar-refractivity contribution < 1.29 is 14.6 Å². The molecule has 0 radical (unpaired) electrons. The van der Waals surface area contributed by atoms with Crippen molar-refractivity contribution in [1.82, 2.24) is 14.7 Å². The van der Waals surface area contributed by atoms with E-state index in [-0.39, 0.29) is 0 Å². The summed E-state index contributed by atoms with van der Waals surface area (Å²) >= 11 is 0. The van der Waals surface area contributed by atoms with Crippen molar-refractivity contribution in [2.75, 3.05) is 26.3 Å². The van der Waals surface area contributed by atoms with Gasteiger partial charge in [-0.25, -0.2) is 4.68 Å². The summed E-state index contributed by atoms with van der Waals surface area (Å²) in [6.07, 6.45) is 1.25. The minimum absolute atomic E-state index is 0.341. The van der Waals surface area contributed by atoms with Gasteiger partial charge in [-0.05, 0) is 50.6 Å². The average Bonchev–Trinajstić information content (AvgIpc) is 3.16. The van der Waals surface area contributed by atoms with Gasteiger partial charge in [0.15, 0.2) is 0 Å². The molecule has 0 saturated heterocycles. The fourth-order valence-electron chi connectivity index (χ4n) is 3.75. The fraction of sp³-hybridized carbons (Fsp3) is 0.423. The molecule has 1 heterocycles. The number of benzene rings is 2. The Morgan fingerprint density at radius 2 is 1.69 bits per heavy atom. The zero-order valence-corrected chi connectivity index (χ0v) is 19.4. The van der Waals surface area contributed by atoms with E-state index in [4.69, 9.17) is 14.6 Å². The summed E-state index contributed by atoms with van der Waals surface area (Å²) in [5, 5.41) is 15.4. The van der Waals surface area contributed by atoms with Crippen LogP contribution in [0.2, 0.25) is 0 Å². The van der Waals surface area contributed by atoms with E-state index in [1.165, 1.54) is 0 Å². The van der Waals surface area contributed by atoms with Crippen molar-refractivity contribution in [3.63, 3.8) is 0 Å². The molecule has 172 valence electrons. The zero-order valence-electron chi connectivity index (χ0n) is 19.4. The third kappa shape index (κ3) is 6.42. The lowest BCUT2D eigenvalue weighted by Gasteiger charge is -2.25. The van der Waals surface area contributed by atoms with Crippen LogP contribution in [0.4, 0.5) is 0 Å². The Balaban J connectivity index is 1.97. The second kappa shape index (κ2) is 12.4. The number of aryl methyl sites for hydroxylation is 1. The summed E-state index contributed by atoms with van der Waals surface area (Å²) < 4.78 is 13.7. The number of para-hydroxylation sites is 2. The van der Waals surface area contributed by atoms with Crippen molar-refractivity contribution in [2.24, 2.45) is 0 Å². The van der Waals surface area contributed by atoms with Gasteiger partial charge < -0.3 is 14.6 Å². The number of aromatic nitrogens is 2. The molecule has 0 fully saturated rings. The monoisotopic (exact) mass is 437 g/mol. The molecule has 0 aliphatic rings. The van der Waals surface area contributed by atoms with Crippen molar-refractivity contribution in [2.45, 2.75) is 46.3 Å². The molecular formula is C26H35N3O3. The van der Waals surface area contributed by atoms with E-state index in [1.807, 2.05) is 72.3 Å². The molecule has 3 aromatic rings. The minimum atomic E-state index is -0.533. The number of hydrogen-bond donors (Lipinski definition) is 1. The lowest BCUT2D eigenvalue weighted by atomic mass is 10.1. The van der Waals surface area contributed by atoms with Crippen LogP contribution in [-0.4, -0.2) is 52.2 Å². The SMILES string of the molecule is CCCN(Cc1c(CC)nn(-c2ccccc2)c1Oc1ccccc1)C[C@@H](O)COCC. The van der Waals surface area contributed by atoms with Crippen molar-refractivity contribution in [3.8, 4) is 17.3 Å². The molecule has 1 aromatic heterocycles. The highest BCUT2D eigenvalue weighted by molar-refractivity contribution is 5.43. The molecule has 0 aliphatic heterocycles. The number of rotatable bonds is 13. The van der Waals surface area contributed by atoms with Crippen LogP contribution in [-0.2, 0) is 17.7 Å². The first-order chi connectivity index (χ1) is 15.7. The van der Waals surface area contributed by atoms with Crippen molar-refractivity contribution in [1.29, 1.82) is 0 Å². The molecule has 0 unspecified atom stereocenters. The molecule has 0 spiro atoms. The van der Waals surface area contributed by atoms with Gasteiger partial charge in [-0.2, -0.15) is 5.10 Å². The summed E-state index contributed by atoms with van der Waals surface area (Å²) in [5.74, 6) is 1.49. The second-order valence-electron chi connectivity index (χ2n) is 7.79. The molecule has 6 heteroatoms. The molecular weight excluding hydrogens is 402 g/mol. The Morgan fingerprint density at radius 1 is 1.00 bits per heavy atom. The highest BCUT2D eigenvalue weighted by atomic mass is 16.5. The van der Waals surface area contributed by atoms with Crippen LogP contribution in [0.25, 0.3) is 5.69 Å². The van der Waals surface area contributed by atoms with Gasteiger partial charge in [0.25, 0.3) is 0 Å². The Hall–Kier alpha value is -2.67. The number of aliphatic hydroxyl groups excluding tert-OH is 1. The Morgan fingerprint density at radius 3 is 2.31 bits per heavy atom. The molecule has 0 bridgehead atoms. The maximum Gasteiger partial charge on any atom is 0.227 e. The standard InChI is InChI=1S/C26H35N3O3/c1-4-17-28(18-22(30)20-31-6-3)19-24-25(5-2)27-29(21-13-9-7-10-14-21)26(24)32-23-15-11-8-12-16-23/h7-16,22,30H,4-6,17-20H2,1-3H3/t22-/m1/s1. The molecule has 3 rings (SSSR count).